The van der Waals surface area contributed by atoms with Crippen LogP contribution in [-0.2, 0) is 9.53 Å². The third kappa shape index (κ3) is 4.45. The molecule has 7 nitrogen and oxygen atoms in total. The number of aryl methyl sites for hydroxylation is 1. The maximum atomic E-state index is 12.0. The minimum atomic E-state index is -0.669. The van der Waals surface area contributed by atoms with Crippen molar-refractivity contribution in [2.24, 2.45) is 0 Å². The van der Waals surface area contributed by atoms with Crippen molar-refractivity contribution in [1.82, 2.24) is 15.0 Å². The lowest BCUT2D eigenvalue weighted by Gasteiger charge is -2.06. The number of aromatic nitrogens is 3. The number of amides is 1. The van der Waals surface area contributed by atoms with Crippen LogP contribution in [-0.4, -0.2) is 33.4 Å². The molecular weight excluding hydrogens is 340 g/mol. The normalized spacial score (nSPS) is 10.3. The van der Waals surface area contributed by atoms with E-state index in [1.807, 2.05) is 25.1 Å². The summed E-state index contributed by atoms with van der Waals surface area (Å²) < 4.78 is 4.99. The monoisotopic (exact) mass is 354 g/mol. The molecule has 3 aromatic rings. The lowest BCUT2D eigenvalue weighted by Crippen LogP contribution is -2.21. The molecule has 1 N–H and O–H groups in total. The zero-order chi connectivity index (χ0) is 17.6. The number of nitrogens with zero attached hydrogens (tertiary/aromatic N) is 3. The Morgan fingerprint density at radius 1 is 1.20 bits per heavy atom. The number of benzene rings is 1. The third-order valence-electron chi connectivity index (χ3n) is 3.11. The van der Waals surface area contributed by atoms with Gasteiger partial charge in [0, 0.05) is 23.5 Å². The predicted molar refractivity (Wildman–Crippen MR) is 93.2 cm³/mol. The van der Waals surface area contributed by atoms with Gasteiger partial charge in [-0.1, -0.05) is 12.1 Å². The van der Waals surface area contributed by atoms with Crippen LogP contribution in [0.3, 0.4) is 0 Å². The fraction of sp³-hybridized carbons (Fsp3) is 0.118. The first-order valence-electron chi connectivity index (χ1n) is 7.38. The molecule has 3 rings (SSSR count). The number of ether oxygens (including phenoxy) is 1. The largest absolute Gasteiger partial charge is 0.451 e. The van der Waals surface area contributed by atoms with Crippen molar-refractivity contribution in [1.29, 1.82) is 0 Å². The van der Waals surface area contributed by atoms with E-state index in [9.17, 15) is 9.59 Å². The van der Waals surface area contributed by atoms with Gasteiger partial charge < -0.3 is 10.1 Å². The van der Waals surface area contributed by atoms with Crippen LogP contribution in [0, 0.1) is 6.92 Å². The van der Waals surface area contributed by atoms with Crippen molar-refractivity contribution in [2.75, 3.05) is 11.9 Å². The maximum Gasteiger partial charge on any atom is 0.358 e. The second kappa shape index (κ2) is 7.63. The average molecular weight is 354 g/mol. The molecule has 0 aliphatic heterocycles. The van der Waals surface area contributed by atoms with Crippen LogP contribution in [0.1, 0.15) is 16.1 Å². The Bertz CT molecular complexity index is 896. The minimum absolute atomic E-state index is 0.121. The van der Waals surface area contributed by atoms with Crippen molar-refractivity contribution >= 4 is 28.9 Å². The van der Waals surface area contributed by atoms with Crippen LogP contribution in [0.5, 0.6) is 0 Å². The summed E-state index contributed by atoms with van der Waals surface area (Å²) in [7, 11) is 0. The molecule has 0 saturated heterocycles. The third-order valence-corrected chi connectivity index (χ3v) is 3.94. The summed E-state index contributed by atoms with van der Waals surface area (Å²) in [5.74, 6) is -0.651. The highest BCUT2D eigenvalue weighted by Gasteiger charge is 2.16. The van der Waals surface area contributed by atoms with Gasteiger partial charge >= 0.3 is 5.97 Å². The van der Waals surface area contributed by atoms with Gasteiger partial charge in [0.2, 0.25) is 0 Å². The molecule has 0 saturated carbocycles. The van der Waals surface area contributed by atoms with E-state index in [0.717, 1.165) is 5.56 Å². The van der Waals surface area contributed by atoms with Gasteiger partial charge in [0.15, 0.2) is 23.1 Å². The number of thiazole rings is 1. The van der Waals surface area contributed by atoms with Gasteiger partial charge in [-0.15, -0.1) is 11.3 Å². The van der Waals surface area contributed by atoms with Crippen molar-refractivity contribution in [2.45, 2.75) is 6.92 Å². The van der Waals surface area contributed by atoms with Crippen LogP contribution >= 0.6 is 11.3 Å². The molecule has 0 unspecified atom stereocenters. The highest BCUT2D eigenvalue weighted by Crippen LogP contribution is 2.20. The van der Waals surface area contributed by atoms with Crippen LogP contribution in [0.15, 0.2) is 48.1 Å². The summed E-state index contributed by atoms with van der Waals surface area (Å²) in [5.41, 5.74) is 1.79. The van der Waals surface area contributed by atoms with E-state index in [1.54, 1.807) is 29.9 Å². The molecule has 0 spiro atoms. The van der Waals surface area contributed by atoms with Gasteiger partial charge in [0.25, 0.3) is 5.91 Å². The van der Waals surface area contributed by atoms with Gasteiger partial charge in [-0.25, -0.2) is 19.7 Å². The van der Waals surface area contributed by atoms with E-state index >= 15 is 0 Å². The predicted octanol–water partition coefficient (Wildman–Crippen LogP) is 2.70. The fourth-order valence-corrected chi connectivity index (χ4v) is 2.74. The SMILES string of the molecule is Cc1cccc(NC(=O)COC(=O)c2csc(-c3ncccn3)n2)c1. The first-order chi connectivity index (χ1) is 12.1. The minimum Gasteiger partial charge on any atom is -0.451 e. The maximum absolute atomic E-state index is 12.0. The van der Waals surface area contributed by atoms with Gasteiger partial charge in [0.1, 0.15) is 0 Å². The molecule has 2 aromatic heterocycles. The summed E-state index contributed by atoms with van der Waals surface area (Å²) in [6.45, 7) is 1.54. The van der Waals surface area contributed by atoms with E-state index in [2.05, 4.69) is 20.3 Å². The Morgan fingerprint density at radius 3 is 2.76 bits per heavy atom. The molecule has 0 fully saturated rings. The number of carbonyl (C=O) groups excluding carboxylic acids is 2. The summed E-state index contributed by atoms with van der Waals surface area (Å²) in [5, 5.41) is 4.73. The highest BCUT2D eigenvalue weighted by molar-refractivity contribution is 7.13. The van der Waals surface area contributed by atoms with Crippen LogP contribution < -0.4 is 5.32 Å². The van der Waals surface area contributed by atoms with Gasteiger partial charge in [-0.05, 0) is 30.7 Å². The van der Waals surface area contributed by atoms with Crippen molar-refractivity contribution < 1.29 is 14.3 Å². The number of esters is 1. The lowest BCUT2D eigenvalue weighted by atomic mass is 10.2. The summed E-state index contributed by atoms with van der Waals surface area (Å²) >= 11 is 1.23. The molecular formula is C17H14N4O3S. The molecule has 126 valence electrons. The number of carbonyl (C=O) groups is 2. The van der Waals surface area contributed by atoms with Crippen LogP contribution in [0.2, 0.25) is 0 Å². The van der Waals surface area contributed by atoms with Crippen molar-refractivity contribution in [3.63, 3.8) is 0 Å². The highest BCUT2D eigenvalue weighted by atomic mass is 32.1. The number of rotatable bonds is 5. The topological polar surface area (TPSA) is 94.1 Å². The van der Waals surface area contributed by atoms with Gasteiger partial charge in [-0.3, -0.25) is 4.79 Å². The molecule has 25 heavy (non-hydrogen) atoms. The van der Waals surface area contributed by atoms with Crippen molar-refractivity contribution in [3.8, 4) is 10.8 Å². The number of hydrogen-bond donors (Lipinski definition) is 1. The molecule has 0 aliphatic rings. The molecule has 0 bridgehead atoms. The summed E-state index contributed by atoms with van der Waals surface area (Å²) in [6, 6.07) is 9.04. The lowest BCUT2D eigenvalue weighted by molar-refractivity contribution is -0.119. The number of anilines is 1. The first-order valence-corrected chi connectivity index (χ1v) is 8.26. The first kappa shape index (κ1) is 16.7. The standard InChI is InChI=1S/C17H14N4O3S/c1-11-4-2-5-12(8-11)20-14(22)9-24-17(23)13-10-25-16(21-13)15-18-6-3-7-19-15/h2-8,10H,9H2,1H3,(H,20,22). The van der Waals surface area contributed by atoms with Crippen LogP contribution in [0.25, 0.3) is 10.8 Å². The fourth-order valence-electron chi connectivity index (χ4n) is 2.00. The van der Waals surface area contributed by atoms with Crippen molar-refractivity contribution in [3.05, 3.63) is 59.4 Å². The molecule has 0 atom stereocenters. The Morgan fingerprint density at radius 2 is 2.00 bits per heavy atom. The quantitative estimate of drug-likeness (QED) is 0.708. The van der Waals surface area contributed by atoms with E-state index in [0.29, 0.717) is 16.5 Å². The Balaban J connectivity index is 1.56. The zero-order valence-electron chi connectivity index (χ0n) is 13.3. The Hall–Kier alpha value is -3.13. The average Bonchev–Trinajstić information content (AvgIpc) is 3.11. The van der Waals surface area contributed by atoms with E-state index in [-0.39, 0.29) is 12.3 Å². The summed E-state index contributed by atoms with van der Waals surface area (Å²) in [6.07, 6.45) is 3.19. The second-order valence-corrected chi connectivity index (χ2v) is 5.96. The zero-order valence-corrected chi connectivity index (χ0v) is 14.1. The number of hydrogen-bond acceptors (Lipinski definition) is 7. The molecule has 1 aromatic carbocycles. The number of nitrogens with one attached hydrogen (secondary N) is 1. The Labute approximate surface area is 147 Å². The molecule has 1 amide bonds. The molecule has 0 radical (unpaired) electrons. The molecule has 8 heteroatoms. The van der Waals surface area contributed by atoms with E-state index in [4.69, 9.17) is 4.74 Å². The van der Waals surface area contributed by atoms with Gasteiger partial charge in [-0.2, -0.15) is 0 Å². The van der Waals surface area contributed by atoms with E-state index in [1.165, 1.54) is 11.3 Å². The Kier molecular flexibility index (Phi) is 5.10. The van der Waals surface area contributed by atoms with Gasteiger partial charge in [0.05, 0.1) is 0 Å². The smallest absolute Gasteiger partial charge is 0.358 e. The van der Waals surface area contributed by atoms with Crippen LogP contribution in [0.4, 0.5) is 5.69 Å². The summed E-state index contributed by atoms with van der Waals surface area (Å²) in [4.78, 5) is 36.1. The molecule has 2 heterocycles. The molecule has 0 aliphatic carbocycles. The van der Waals surface area contributed by atoms with E-state index < -0.39 is 11.9 Å². The second-order valence-electron chi connectivity index (χ2n) is 5.10.